The van der Waals surface area contributed by atoms with Crippen molar-refractivity contribution in [3.63, 3.8) is 0 Å². The molecule has 0 saturated heterocycles. The molecule has 4 nitrogen and oxygen atoms in total. The number of aryl methyl sites for hydroxylation is 1. The Morgan fingerprint density at radius 3 is 3.00 bits per heavy atom. The molecule has 0 amide bonds. The van der Waals surface area contributed by atoms with Crippen LogP contribution in [0.5, 0.6) is 0 Å². The highest BCUT2D eigenvalue weighted by atomic mass is 32.1. The van der Waals surface area contributed by atoms with Gasteiger partial charge in [0.25, 0.3) is 0 Å². The minimum atomic E-state index is -0.481. The van der Waals surface area contributed by atoms with Crippen molar-refractivity contribution in [3.05, 3.63) is 34.5 Å². The van der Waals surface area contributed by atoms with Crippen LogP contribution < -0.4 is 0 Å². The van der Waals surface area contributed by atoms with Crippen LogP contribution in [0.1, 0.15) is 23.5 Å². The fourth-order valence-electron chi connectivity index (χ4n) is 1.38. The van der Waals surface area contributed by atoms with Gasteiger partial charge in [0.05, 0.1) is 17.8 Å². The maximum absolute atomic E-state index is 9.93. The predicted octanol–water partition coefficient (Wildman–Crippen LogP) is 1.64. The third-order valence-corrected chi connectivity index (χ3v) is 3.04. The van der Waals surface area contributed by atoms with Crippen molar-refractivity contribution in [2.75, 3.05) is 0 Å². The summed E-state index contributed by atoms with van der Waals surface area (Å²) in [6, 6.07) is 0. The van der Waals surface area contributed by atoms with E-state index in [-0.39, 0.29) is 0 Å². The van der Waals surface area contributed by atoms with Crippen molar-refractivity contribution < 1.29 is 5.11 Å². The molecule has 1 N–H and O–H groups in total. The Hall–Kier alpha value is -1.20. The first-order valence-electron chi connectivity index (χ1n) is 4.87. The SMILES string of the molecule is CCn1cc(C(O)Cc2cncs2)cn1. The quantitative estimate of drug-likeness (QED) is 0.857. The third kappa shape index (κ3) is 2.43. The third-order valence-electron chi connectivity index (χ3n) is 2.24. The van der Waals surface area contributed by atoms with E-state index in [1.54, 1.807) is 29.2 Å². The fraction of sp³-hybridized carbons (Fsp3) is 0.400. The van der Waals surface area contributed by atoms with E-state index in [1.165, 1.54) is 0 Å². The first-order valence-corrected chi connectivity index (χ1v) is 5.75. The van der Waals surface area contributed by atoms with Crippen LogP contribution in [-0.2, 0) is 13.0 Å². The standard InChI is InChI=1S/C10H13N3OS/c1-2-13-6-8(4-12-13)10(14)3-9-5-11-7-15-9/h4-7,10,14H,2-3H2,1H3. The molecule has 0 aliphatic rings. The molecule has 15 heavy (non-hydrogen) atoms. The Morgan fingerprint density at radius 2 is 2.40 bits per heavy atom. The Kier molecular flexibility index (Phi) is 3.13. The lowest BCUT2D eigenvalue weighted by atomic mass is 10.1. The second kappa shape index (κ2) is 4.55. The van der Waals surface area contributed by atoms with Gasteiger partial charge < -0.3 is 5.11 Å². The Balaban J connectivity index is 2.04. The van der Waals surface area contributed by atoms with Gasteiger partial charge in [-0.1, -0.05) is 0 Å². The molecule has 0 spiro atoms. The van der Waals surface area contributed by atoms with Crippen LogP contribution in [0.2, 0.25) is 0 Å². The summed E-state index contributed by atoms with van der Waals surface area (Å²) in [5, 5.41) is 14.1. The molecule has 2 aromatic heterocycles. The van der Waals surface area contributed by atoms with E-state index in [2.05, 4.69) is 10.1 Å². The summed E-state index contributed by atoms with van der Waals surface area (Å²) in [6.07, 6.45) is 5.52. The summed E-state index contributed by atoms with van der Waals surface area (Å²) in [5.74, 6) is 0. The largest absolute Gasteiger partial charge is 0.388 e. The smallest absolute Gasteiger partial charge is 0.0869 e. The molecule has 0 fully saturated rings. The molecule has 0 bridgehead atoms. The molecule has 5 heteroatoms. The van der Waals surface area contributed by atoms with Crippen molar-refractivity contribution in [2.45, 2.75) is 26.0 Å². The molecule has 80 valence electrons. The molecule has 2 aromatic rings. The van der Waals surface area contributed by atoms with Gasteiger partial charge >= 0.3 is 0 Å². The van der Waals surface area contributed by atoms with Crippen LogP contribution in [0.3, 0.4) is 0 Å². The van der Waals surface area contributed by atoms with Gasteiger partial charge in [0, 0.05) is 35.8 Å². The molecular weight excluding hydrogens is 210 g/mol. The highest BCUT2D eigenvalue weighted by Crippen LogP contribution is 2.19. The van der Waals surface area contributed by atoms with Crippen molar-refractivity contribution in [2.24, 2.45) is 0 Å². The van der Waals surface area contributed by atoms with Gasteiger partial charge in [-0.05, 0) is 6.92 Å². The molecule has 1 unspecified atom stereocenters. The van der Waals surface area contributed by atoms with Crippen LogP contribution in [0.15, 0.2) is 24.1 Å². The number of rotatable bonds is 4. The number of nitrogens with zero attached hydrogens (tertiary/aromatic N) is 3. The molecule has 0 saturated carbocycles. The number of aromatic nitrogens is 3. The van der Waals surface area contributed by atoms with Crippen LogP contribution in [0.4, 0.5) is 0 Å². The molecular formula is C10H13N3OS. The molecule has 2 heterocycles. The van der Waals surface area contributed by atoms with Crippen molar-refractivity contribution >= 4 is 11.3 Å². The number of aliphatic hydroxyl groups excluding tert-OH is 1. The van der Waals surface area contributed by atoms with E-state index in [9.17, 15) is 5.11 Å². The van der Waals surface area contributed by atoms with Gasteiger partial charge in [-0.25, -0.2) is 0 Å². The first-order chi connectivity index (χ1) is 7.29. The van der Waals surface area contributed by atoms with Gasteiger partial charge in [0.1, 0.15) is 0 Å². The number of thiazole rings is 1. The highest BCUT2D eigenvalue weighted by molar-refractivity contribution is 7.09. The molecule has 0 aromatic carbocycles. The number of hydrogen-bond donors (Lipinski definition) is 1. The van der Waals surface area contributed by atoms with Crippen LogP contribution in [-0.4, -0.2) is 19.9 Å². The Morgan fingerprint density at radius 1 is 1.53 bits per heavy atom. The molecule has 0 aliphatic carbocycles. The normalized spacial score (nSPS) is 12.9. The summed E-state index contributed by atoms with van der Waals surface area (Å²) in [6.45, 7) is 2.85. The minimum Gasteiger partial charge on any atom is -0.388 e. The van der Waals surface area contributed by atoms with Gasteiger partial charge in [0.15, 0.2) is 0 Å². The van der Waals surface area contributed by atoms with E-state index in [1.807, 2.05) is 17.8 Å². The van der Waals surface area contributed by atoms with Crippen LogP contribution in [0.25, 0.3) is 0 Å². The van der Waals surface area contributed by atoms with Crippen molar-refractivity contribution in [1.82, 2.24) is 14.8 Å². The summed E-state index contributed by atoms with van der Waals surface area (Å²) >= 11 is 1.56. The topological polar surface area (TPSA) is 50.9 Å². The molecule has 0 aliphatic heterocycles. The fourth-order valence-corrected chi connectivity index (χ4v) is 2.01. The average molecular weight is 223 g/mol. The minimum absolute atomic E-state index is 0.481. The lowest BCUT2D eigenvalue weighted by Crippen LogP contribution is -1.99. The van der Waals surface area contributed by atoms with Crippen LogP contribution >= 0.6 is 11.3 Å². The second-order valence-corrected chi connectivity index (χ2v) is 4.29. The van der Waals surface area contributed by atoms with E-state index >= 15 is 0 Å². The van der Waals surface area contributed by atoms with Gasteiger partial charge in [-0.15, -0.1) is 11.3 Å². The lowest BCUT2D eigenvalue weighted by Gasteiger charge is -2.05. The number of aliphatic hydroxyl groups is 1. The summed E-state index contributed by atoms with van der Waals surface area (Å²) in [4.78, 5) is 5.07. The molecule has 1 atom stereocenters. The molecule has 0 radical (unpaired) electrons. The summed E-state index contributed by atoms with van der Waals surface area (Å²) < 4.78 is 1.81. The maximum Gasteiger partial charge on any atom is 0.0869 e. The van der Waals surface area contributed by atoms with E-state index < -0.39 is 6.10 Å². The summed E-state index contributed by atoms with van der Waals surface area (Å²) in [7, 11) is 0. The van der Waals surface area contributed by atoms with E-state index in [4.69, 9.17) is 0 Å². The van der Waals surface area contributed by atoms with Gasteiger partial charge in [-0.3, -0.25) is 9.67 Å². The molecule has 2 rings (SSSR count). The van der Waals surface area contributed by atoms with Crippen molar-refractivity contribution in [1.29, 1.82) is 0 Å². The maximum atomic E-state index is 9.93. The second-order valence-electron chi connectivity index (χ2n) is 3.32. The zero-order valence-corrected chi connectivity index (χ0v) is 9.31. The zero-order chi connectivity index (χ0) is 10.7. The van der Waals surface area contributed by atoms with Crippen LogP contribution in [0, 0.1) is 0 Å². The predicted molar refractivity (Wildman–Crippen MR) is 58.7 cm³/mol. The Bertz CT molecular complexity index is 410. The van der Waals surface area contributed by atoms with Gasteiger partial charge in [0.2, 0.25) is 0 Å². The van der Waals surface area contributed by atoms with Crippen molar-refractivity contribution in [3.8, 4) is 0 Å². The highest BCUT2D eigenvalue weighted by Gasteiger charge is 2.11. The number of hydrogen-bond acceptors (Lipinski definition) is 4. The monoisotopic (exact) mass is 223 g/mol. The Labute approximate surface area is 92.2 Å². The van der Waals surface area contributed by atoms with E-state index in [0.717, 1.165) is 17.0 Å². The van der Waals surface area contributed by atoms with Gasteiger partial charge in [-0.2, -0.15) is 5.10 Å². The first kappa shape index (κ1) is 10.3. The average Bonchev–Trinajstić information content (AvgIpc) is 2.86. The zero-order valence-electron chi connectivity index (χ0n) is 8.50. The van der Waals surface area contributed by atoms with E-state index in [0.29, 0.717) is 6.42 Å². The lowest BCUT2D eigenvalue weighted by molar-refractivity contribution is 0.179. The summed E-state index contributed by atoms with van der Waals surface area (Å²) in [5.41, 5.74) is 2.64.